The van der Waals surface area contributed by atoms with E-state index >= 15 is 0 Å². The van der Waals surface area contributed by atoms with Crippen LogP contribution in [-0.2, 0) is 10.0 Å². The number of halogens is 2. The second-order valence-electron chi connectivity index (χ2n) is 3.78. The van der Waals surface area contributed by atoms with Gasteiger partial charge in [-0.05, 0) is 12.1 Å². The molecule has 2 rings (SSSR count). The van der Waals surface area contributed by atoms with Crippen molar-refractivity contribution in [2.45, 2.75) is 11.0 Å². The quantitative estimate of drug-likeness (QED) is 0.796. The number of nitrogen functional groups attached to an aromatic ring is 1. The maximum absolute atomic E-state index is 12.1. The summed E-state index contributed by atoms with van der Waals surface area (Å²) >= 11 is 11.6. The Labute approximate surface area is 109 Å². The number of nitrogens with zero attached hydrogens (tertiary/aromatic N) is 1. The minimum atomic E-state index is -3.76. The van der Waals surface area contributed by atoms with E-state index in [1.807, 2.05) is 0 Å². The largest absolute Gasteiger partial charge is 0.398 e. The van der Waals surface area contributed by atoms with Crippen LogP contribution in [0.1, 0.15) is 0 Å². The zero-order chi connectivity index (χ0) is 12.8. The van der Waals surface area contributed by atoms with Gasteiger partial charge < -0.3 is 10.8 Å². The SMILES string of the molecule is Nc1cc(Cl)cc(Cl)c1S(=O)(=O)N1CC(O)C1. The van der Waals surface area contributed by atoms with Crippen molar-refractivity contribution in [2.75, 3.05) is 18.8 Å². The summed E-state index contributed by atoms with van der Waals surface area (Å²) in [5.74, 6) is 0. The molecule has 0 unspecified atom stereocenters. The fourth-order valence-corrected chi connectivity index (χ4v) is 4.05. The van der Waals surface area contributed by atoms with Crippen molar-refractivity contribution in [2.24, 2.45) is 0 Å². The molecule has 1 aliphatic rings. The highest BCUT2D eigenvalue weighted by Gasteiger charge is 2.37. The molecule has 5 nitrogen and oxygen atoms in total. The summed E-state index contributed by atoms with van der Waals surface area (Å²) in [4.78, 5) is -0.157. The fourth-order valence-electron chi connectivity index (χ4n) is 1.59. The second kappa shape index (κ2) is 4.29. The molecule has 1 aliphatic heterocycles. The molecule has 17 heavy (non-hydrogen) atoms. The van der Waals surface area contributed by atoms with Crippen LogP contribution in [0.3, 0.4) is 0 Å². The van der Waals surface area contributed by atoms with E-state index in [1.165, 1.54) is 12.1 Å². The number of rotatable bonds is 2. The lowest BCUT2D eigenvalue weighted by Gasteiger charge is -2.35. The molecule has 0 aliphatic carbocycles. The maximum atomic E-state index is 12.1. The fraction of sp³-hybridized carbons (Fsp3) is 0.333. The molecular formula is C9H10Cl2N2O3S. The Hall–Kier alpha value is -0.530. The van der Waals surface area contributed by atoms with Crippen molar-refractivity contribution < 1.29 is 13.5 Å². The van der Waals surface area contributed by atoms with Crippen molar-refractivity contribution in [1.82, 2.24) is 4.31 Å². The Balaban J connectivity index is 2.47. The molecular weight excluding hydrogens is 287 g/mol. The molecule has 0 saturated carbocycles. The molecule has 0 radical (unpaired) electrons. The molecule has 1 aromatic carbocycles. The third-order valence-electron chi connectivity index (χ3n) is 2.46. The molecule has 8 heteroatoms. The first-order valence-electron chi connectivity index (χ1n) is 4.75. The van der Waals surface area contributed by atoms with Crippen LogP contribution in [0.15, 0.2) is 17.0 Å². The predicted molar refractivity (Wildman–Crippen MR) is 65.6 cm³/mol. The number of benzene rings is 1. The van der Waals surface area contributed by atoms with E-state index in [9.17, 15) is 8.42 Å². The van der Waals surface area contributed by atoms with Crippen molar-refractivity contribution >= 4 is 38.9 Å². The van der Waals surface area contributed by atoms with Gasteiger partial charge >= 0.3 is 0 Å². The van der Waals surface area contributed by atoms with E-state index in [4.69, 9.17) is 34.0 Å². The third-order valence-corrected chi connectivity index (χ3v) is 5.04. The normalized spacial score (nSPS) is 18.1. The number of anilines is 1. The molecule has 0 spiro atoms. The van der Waals surface area contributed by atoms with Crippen molar-refractivity contribution in [3.8, 4) is 0 Å². The van der Waals surface area contributed by atoms with Gasteiger partial charge in [-0.2, -0.15) is 4.31 Å². The van der Waals surface area contributed by atoms with Gasteiger partial charge in [-0.3, -0.25) is 0 Å². The Morgan fingerprint density at radius 1 is 1.35 bits per heavy atom. The van der Waals surface area contributed by atoms with Crippen LogP contribution in [0.25, 0.3) is 0 Å². The molecule has 0 amide bonds. The van der Waals surface area contributed by atoms with Crippen LogP contribution >= 0.6 is 23.2 Å². The van der Waals surface area contributed by atoms with Gasteiger partial charge in [0.25, 0.3) is 0 Å². The summed E-state index contributed by atoms with van der Waals surface area (Å²) < 4.78 is 25.4. The van der Waals surface area contributed by atoms with Crippen LogP contribution in [0.5, 0.6) is 0 Å². The van der Waals surface area contributed by atoms with E-state index in [1.54, 1.807) is 0 Å². The van der Waals surface area contributed by atoms with Crippen LogP contribution in [0.4, 0.5) is 5.69 Å². The van der Waals surface area contributed by atoms with Gasteiger partial charge in [0.1, 0.15) is 4.90 Å². The number of aliphatic hydroxyl groups is 1. The zero-order valence-corrected chi connectivity index (χ0v) is 10.9. The molecule has 1 saturated heterocycles. The predicted octanol–water partition coefficient (Wildman–Crippen LogP) is 0.941. The lowest BCUT2D eigenvalue weighted by molar-refractivity contribution is 0.0548. The highest BCUT2D eigenvalue weighted by atomic mass is 35.5. The van der Waals surface area contributed by atoms with Gasteiger partial charge in [0.15, 0.2) is 0 Å². The lowest BCUT2D eigenvalue weighted by Crippen LogP contribution is -2.53. The lowest BCUT2D eigenvalue weighted by atomic mass is 10.2. The minimum Gasteiger partial charge on any atom is -0.398 e. The summed E-state index contributed by atoms with van der Waals surface area (Å²) in [7, 11) is -3.76. The van der Waals surface area contributed by atoms with Gasteiger partial charge in [0.05, 0.1) is 16.8 Å². The van der Waals surface area contributed by atoms with E-state index in [0.717, 1.165) is 4.31 Å². The third kappa shape index (κ3) is 2.23. The topological polar surface area (TPSA) is 83.6 Å². The average Bonchev–Trinajstić information content (AvgIpc) is 2.10. The Kier molecular flexibility index (Phi) is 3.26. The monoisotopic (exact) mass is 296 g/mol. The summed E-state index contributed by atoms with van der Waals surface area (Å²) in [5, 5.41) is 9.38. The van der Waals surface area contributed by atoms with Gasteiger partial charge in [0.2, 0.25) is 10.0 Å². The van der Waals surface area contributed by atoms with Gasteiger partial charge in [-0.15, -0.1) is 0 Å². The standard InChI is InChI=1S/C9H10Cl2N2O3S/c10-5-1-7(11)9(8(12)2-5)17(15,16)13-3-6(14)4-13/h1-2,6,14H,3-4,12H2. The number of sulfonamides is 1. The smallest absolute Gasteiger partial charge is 0.246 e. The van der Waals surface area contributed by atoms with Gasteiger partial charge in [-0.25, -0.2) is 8.42 Å². The molecule has 0 aromatic heterocycles. The summed E-state index contributed by atoms with van der Waals surface area (Å²) in [5.41, 5.74) is 5.63. The minimum absolute atomic E-state index is 0.00360. The zero-order valence-electron chi connectivity index (χ0n) is 8.60. The second-order valence-corrected chi connectivity index (χ2v) is 6.50. The van der Waals surface area contributed by atoms with E-state index < -0.39 is 16.1 Å². The van der Waals surface area contributed by atoms with E-state index in [2.05, 4.69) is 0 Å². The molecule has 0 atom stereocenters. The van der Waals surface area contributed by atoms with E-state index in [0.29, 0.717) is 0 Å². The number of β-amino-alcohol motifs (C(OH)–C–C–N with tert-alkyl or cyclic N) is 1. The van der Waals surface area contributed by atoms with Crippen LogP contribution < -0.4 is 5.73 Å². The van der Waals surface area contributed by atoms with Crippen LogP contribution in [-0.4, -0.2) is 37.0 Å². The summed E-state index contributed by atoms with van der Waals surface area (Å²) in [6, 6.07) is 2.65. The van der Waals surface area contributed by atoms with Gasteiger partial charge in [-0.1, -0.05) is 23.2 Å². The molecule has 1 fully saturated rings. The number of aliphatic hydroxyl groups excluding tert-OH is 1. The molecule has 1 heterocycles. The Bertz CT molecular complexity index is 532. The Morgan fingerprint density at radius 2 is 1.94 bits per heavy atom. The summed E-state index contributed by atoms with van der Waals surface area (Å²) in [6.07, 6.45) is -0.628. The van der Waals surface area contributed by atoms with Crippen LogP contribution in [0.2, 0.25) is 10.0 Å². The molecule has 3 N–H and O–H groups in total. The molecule has 94 valence electrons. The number of hydrogen-bond acceptors (Lipinski definition) is 4. The van der Waals surface area contributed by atoms with Crippen molar-refractivity contribution in [3.05, 3.63) is 22.2 Å². The van der Waals surface area contributed by atoms with Crippen molar-refractivity contribution in [3.63, 3.8) is 0 Å². The average molecular weight is 297 g/mol. The Morgan fingerprint density at radius 3 is 2.41 bits per heavy atom. The van der Waals surface area contributed by atoms with E-state index in [-0.39, 0.29) is 33.7 Å². The highest BCUT2D eigenvalue weighted by Crippen LogP contribution is 2.34. The highest BCUT2D eigenvalue weighted by molar-refractivity contribution is 7.89. The molecule has 0 bridgehead atoms. The van der Waals surface area contributed by atoms with Crippen LogP contribution in [0, 0.1) is 0 Å². The van der Waals surface area contributed by atoms with Gasteiger partial charge in [0, 0.05) is 18.1 Å². The number of nitrogens with two attached hydrogens (primary N) is 1. The first-order valence-corrected chi connectivity index (χ1v) is 6.94. The first-order chi connectivity index (χ1) is 7.82. The maximum Gasteiger partial charge on any atom is 0.246 e. The van der Waals surface area contributed by atoms with Crippen molar-refractivity contribution in [1.29, 1.82) is 0 Å². The molecule has 1 aromatic rings. The number of hydrogen-bond donors (Lipinski definition) is 2. The first kappa shape index (κ1) is 12.9. The summed E-state index contributed by atoms with van der Waals surface area (Å²) in [6.45, 7) is 0.113.